The van der Waals surface area contributed by atoms with E-state index in [1.165, 1.54) is 12.5 Å². The molecule has 1 aliphatic heterocycles. The maximum Gasteiger partial charge on any atom is 0.236 e. The van der Waals surface area contributed by atoms with Crippen molar-refractivity contribution in [3.8, 4) is 0 Å². The van der Waals surface area contributed by atoms with Crippen LogP contribution in [0.3, 0.4) is 0 Å². The van der Waals surface area contributed by atoms with Gasteiger partial charge in [-0.25, -0.2) is 4.39 Å². The van der Waals surface area contributed by atoms with Gasteiger partial charge in [0.25, 0.3) is 0 Å². The summed E-state index contributed by atoms with van der Waals surface area (Å²) in [7, 11) is 0. The van der Waals surface area contributed by atoms with E-state index in [0.717, 1.165) is 51.0 Å². The third-order valence-electron chi connectivity index (χ3n) is 4.86. The summed E-state index contributed by atoms with van der Waals surface area (Å²) in [5.41, 5.74) is 0.809. The fourth-order valence-corrected chi connectivity index (χ4v) is 3.46. The van der Waals surface area contributed by atoms with Crippen molar-refractivity contribution in [1.82, 2.24) is 9.80 Å². The minimum absolute atomic E-state index is 0.100. The summed E-state index contributed by atoms with van der Waals surface area (Å²) in [5.74, 6) is 0.689. The number of likely N-dealkylation sites (N-methyl/N-ethyl adjacent to an activating group) is 1. The normalized spacial score (nSPS) is 18.8. The summed E-state index contributed by atoms with van der Waals surface area (Å²) in [6.07, 6.45) is 4.10. The van der Waals surface area contributed by atoms with Gasteiger partial charge in [0.15, 0.2) is 0 Å². The van der Waals surface area contributed by atoms with Gasteiger partial charge in [-0.15, -0.1) is 0 Å². The molecule has 1 amide bonds. The van der Waals surface area contributed by atoms with E-state index < -0.39 is 0 Å². The zero-order valence-electron chi connectivity index (χ0n) is 14.4. The van der Waals surface area contributed by atoms with Gasteiger partial charge < -0.3 is 4.90 Å². The van der Waals surface area contributed by atoms with E-state index in [0.29, 0.717) is 12.5 Å². The zero-order chi connectivity index (χ0) is 16.7. The molecule has 1 aliphatic rings. The van der Waals surface area contributed by atoms with E-state index in [1.54, 1.807) is 6.07 Å². The minimum atomic E-state index is -0.100. The van der Waals surface area contributed by atoms with Crippen molar-refractivity contribution >= 4 is 5.91 Å². The van der Waals surface area contributed by atoms with Gasteiger partial charge in [0.05, 0.1) is 6.54 Å². The standard InChI is InChI=1S/C19H29FN2O/c1-3-22(4-2)19(23)15-21-13-7-8-16(14-21)11-12-17-9-5-6-10-18(17)20/h5-6,9-10,16H,3-4,7-8,11-15H2,1-2H3. The van der Waals surface area contributed by atoms with Crippen LogP contribution in [0.4, 0.5) is 4.39 Å². The smallest absolute Gasteiger partial charge is 0.236 e. The summed E-state index contributed by atoms with van der Waals surface area (Å²) in [6, 6.07) is 7.04. The first kappa shape index (κ1) is 17.9. The first-order valence-corrected chi connectivity index (χ1v) is 8.87. The van der Waals surface area contributed by atoms with Crippen molar-refractivity contribution in [3.05, 3.63) is 35.6 Å². The predicted molar refractivity (Wildman–Crippen MR) is 91.8 cm³/mol. The van der Waals surface area contributed by atoms with E-state index in [4.69, 9.17) is 0 Å². The van der Waals surface area contributed by atoms with E-state index in [1.807, 2.05) is 30.9 Å². The van der Waals surface area contributed by atoms with Crippen LogP contribution in [0.15, 0.2) is 24.3 Å². The Balaban J connectivity index is 1.81. The number of hydrogen-bond donors (Lipinski definition) is 0. The lowest BCUT2D eigenvalue weighted by atomic mass is 9.91. The summed E-state index contributed by atoms with van der Waals surface area (Å²) in [6.45, 7) is 8.09. The lowest BCUT2D eigenvalue weighted by Gasteiger charge is -2.33. The van der Waals surface area contributed by atoms with Gasteiger partial charge in [0.2, 0.25) is 5.91 Å². The van der Waals surface area contributed by atoms with Gasteiger partial charge in [-0.05, 0) is 63.6 Å². The molecule has 1 saturated heterocycles. The number of carbonyl (C=O) groups is 1. The molecule has 1 aromatic rings. The number of rotatable bonds is 7. The van der Waals surface area contributed by atoms with E-state index >= 15 is 0 Å². The molecule has 0 aromatic heterocycles. The highest BCUT2D eigenvalue weighted by atomic mass is 19.1. The molecule has 3 nitrogen and oxygen atoms in total. The third kappa shape index (κ3) is 5.31. The monoisotopic (exact) mass is 320 g/mol. The molecule has 1 fully saturated rings. The molecule has 1 aromatic carbocycles. The van der Waals surface area contributed by atoms with Gasteiger partial charge in [-0.1, -0.05) is 18.2 Å². The number of likely N-dealkylation sites (tertiary alicyclic amines) is 1. The molecule has 0 saturated carbocycles. The highest BCUT2D eigenvalue weighted by Crippen LogP contribution is 2.22. The quantitative estimate of drug-likeness (QED) is 0.769. The van der Waals surface area contributed by atoms with Crippen LogP contribution in [0.2, 0.25) is 0 Å². The molecular formula is C19H29FN2O. The molecule has 1 heterocycles. The number of amides is 1. The topological polar surface area (TPSA) is 23.6 Å². The second kappa shape index (κ2) is 9.02. The average molecular weight is 320 g/mol. The lowest BCUT2D eigenvalue weighted by Crippen LogP contribution is -2.44. The first-order chi connectivity index (χ1) is 11.1. The van der Waals surface area contributed by atoms with Gasteiger partial charge in [-0.3, -0.25) is 9.69 Å². The fraction of sp³-hybridized carbons (Fsp3) is 0.632. The van der Waals surface area contributed by atoms with Crippen molar-refractivity contribution in [2.24, 2.45) is 5.92 Å². The number of aryl methyl sites for hydroxylation is 1. The molecule has 128 valence electrons. The Morgan fingerprint density at radius 2 is 2.04 bits per heavy atom. The van der Waals surface area contributed by atoms with Crippen molar-refractivity contribution in [1.29, 1.82) is 0 Å². The van der Waals surface area contributed by atoms with E-state index in [9.17, 15) is 9.18 Å². The van der Waals surface area contributed by atoms with Crippen LogP contribution in [0.1, 0.15) is 38.7 Å². The molecule has 0 spiro atoms. The average Bonchev–Trinajstić information content (AvgIpc) is 2.55. The van der Waals surface area contributed by atoms with E-state index in [-0.39, 0.29) is 11.7 Å². The number of halogens is 1. The van der Waals surface area contributed by atoms with Gasteiger partial charge in [0.1, 0.15) is 5.82 Å². The van der Waals surface area contributed by atoms with Crippen molar-refractivity contribution in [2.75, 3.05) is 32.7 Å². The molecule has 0 bridgehead atoms. The second-order valence-corrected chi connectivity index (χ2v) is 6.44. The number of carbonyl (C=O) groups excluding carboxylic acids is 1. The number of nitrogens with zero attached hydrogens (tertiary/aromatic N) is 2. The van der Waals surface area contributed by atoms with Crippen molar-refractivity contribution in [3.63, 3.8) is 0 Å². The van der Waals surface area contributed by atoms with Gasteiger partial charge in [-0.2, -0.15) is 0 Å². The predicted octanol–water partition coefficient (Wildman–Crippen LogP) is 3.34. The SMILES string of the molecule is CCN(CC)C(=O)CN1CCCC(CCc2ccccc2F)C1. The zero-order valence-corrected chi connectivity index (χ0v) is 14.4. The maximum absolute atomic E-state index is 13.7. The Labute approximate surface area is 139 Å². The molecule has 1 atom stereocenters. The summed E-state index contributed by atoms with van der Waals surface area (Å²) in [5, 5.41) is 0. The molecule has 0 radical (unpaired) electrons. The van der Waals surface area contributed by atoms with Crippen LogP contribution < -0.4 is 0 Å². The van der Waals surface area contributed by atoms with Crippen LogP contribution in [0.5, 0.6) is 0 Å². The van der Waals surface area contributed by atoms with E-state index in [2.05, 4.69) is 4.90 Å². The number of benzene rings is 1. The Hall–Kier alpha value is -1.42. The van der Waals surface area contributed by atoms with Crippen molar-refractivity contribution < 1.29 is 9.18 Å². The van der Waals surface area contributed by atoms with Crippen LogP contribution in [0.25, 0.3) is 0 Å². The maximum atomic E-state index is 13.7. The Morgan fingerprint density at radius 1 is 1.30 bits per heavy atom. The molecular weight excluding hydrogens is 291 g/mol. The summed E-state index contributed by atoms with van der Waals surface area (Å²) in [4.78, 5) is 16.4. The molecule has 1 unspecified atom stereocenters. The number of hydrogen-bond acceptors (Lipinski definition) is 2. The number of piperidine rings is 1. The highest BCUT2D eigenvalue weighted by molar-refractivity contribution is 5.78. The van der Waals surface area contributed by atoms with Gasteiger partial charge >= 0.3 is 0 Å². The largest absolute Gasteiger partial charge is 0.342 e. The summed E-state index contributed by atoms with van der Waals surface area (Å²) >= 11 is 0. The summed E-state index contributed by atoms with van der Waals surface area (Å²) < 4.78 is 13.7. The molecule has 2 rings (SSSR count). The molecule has 4 heteroatoms. The molecule has 23 heavy (non-hydrogen) atoms. The van der Waals surface area contributed by atoms with Crippen LogP contribution >= 0.6 is 0 Å². The third-order valence-corrected chi connectivity index (χ3v) is 4.86. The van der Waals surface area contributed by atoms with Crippen LogP contribution in [-0.4, -0.2) is 48.4 Å². The Bertz CT molecular complexity index is 502. The van der Waals surface area contributed by atoms with Crippen LogP contribution in [0, 0.1) is 11.7 Å². The Kier molecular flexibility index (Phi) is 7.03. The lowest BCUT2D eigenvalue weighted by molar-refractivity contribution is -0.132. The highest BCUT2D eigenvalue weighted by Gasteiger charge is 2.23. The second-order valence-electron chi connectivity index (χ2n) is 6.44. The van der Waals surface area contributed by atoms with Crippen LogP contribution in [-0.2, 0) is 11.2 Å². The Morgan fingerprint density at radius 3 is 2.74 bits per heavy atom. The molecule has 0 N–H and O–H groups in total. The minimum Gasteiger partial charge on any atom is -0.342 e. The molecule has 0 aliphatic carbocycles. The first-order valence-electron chi connectivity index (χ1n) is 8.87. The van der Waals surface area contributed by atoms with Gasteiger partial charge in [0, 0.05) is 19.6 Å². The van der Waals surface area contributed by atoms with Crippen molar-refractivity contribution in [2.45, 2.75) is 39.5 Å². The fourth-order valence-electron chi connectivity index (χ4n) is 3.46.